The Bertz CT molecular complexity index is 1560. The molecule has 0 radical (unpaired) electrons. The number of benzene rings is 1. The van der Waals surface area contributed by atoms with Crippen LogP contribution in [0.15, 0.2) is 60.2 Å². The maximum Gasteiger partial charge on any atom is 0.278 e. The number of nitrogens with zero attached hydrogens (tertiary/aromatic N) is 6. The Morgan fingerprint density at radius 1 is 1.14 bits per heavy atom. The minimum Gasteiger partial charge on any atom is -0.324 e. The molecule has 3 aromatic heterocycles. The maximum atomic E-state index is 13.3. The molecule has 1 fully saturated rings. The predicted octanol–water partition coefficient (Wildman–Crippen LogP) is 4.38. The van der Waals surface area contributed by atoms with Gasteiger partial charge < -0.3 is 5.32 Å². The van der Waals surface area contributed by atoms with Gasteiger partial charge in [0.25, 0.3) is 5.56 Å². The van der Waals surface area contributed by atoms with Crippen LogP contribution in [0.4, 0.5) is 11.6 Å². The molecule has 2 aliphatic rings. The van der Waals surface area contributed by atoms with Crippen molar-refractivity contribution < 1.29 is 0 Å². The van der Waals surface area contributed by atoms with Gasteiger partial charge in [-0.15, -0.1) is 6.58 Å². The molecule has 1 atom stereocenters. The van der Waals surface area contributed by atoms with Crippen LogP contribution in [0.1, 0.15) is 44.0 Å². The summed E-state index contributed by atoms with van der Waals surface area (Å²) >= 11 is 0. The van der Waals surface area contributed by atoms with Gasteiger partial charge in [0.15, 0.2) is 5.65 Å². The second kappa shape index (κ2) is 8.95. The second-order valence-electron chi connectivity index (χ2n) is 11.1. The molecular formula is C29H33N7O. The van der Waals surface area contributed by atoms with Crippen molar-refractivity contribution >= 4 is 22.7 Å². The number of nitrogens with one attached hydrogen (secondary N) is 1. The molecule has 0 amide bonds. The Hall–Kier alpha value is -3.78. The van der Waals surface area contributed by atoms with E-state index in [1.54, 1.807) is 23.2 Å². The first-order chi connectivity index (χ1) is 17.8. The average Bonchev–Trinajstić information content (AvgIpc) is 3.69. The molecule has 0 bridgehead atoms. The summed E-state index contributed by atoms with van der Waals surface area (Å²) in [7, 11) is 0. The van der Waals surface area contributed by atoms with E-state index < -0.39 is 0 Å². The van der Waals surface area contributed by atoms with Crippen molar-refractivity contribution in [2.45, 2.75) is 58.0 Å². The molecule has 8 nitrogen and oxygen atoms in total. The molecule has 0 saturated carbocycles. The number of hydrogen-bond donors (Lipinski definition) is 1. The van der Waals surface area contributed by atoms with Crippen molar-refractivity contribution in [2.24, 2.45) is 0 Å². The normalized spacial score (nSPS) is 17.5. The summed E-state index contributed by atoms with van der Waals surface area (Å²) in [5.74, 6) is 0.459. The van der Waals surface area contributed by atoms with E-state index in [2.05, 4.69) is 65.7 Å². The lowest BCUT2D eigenvalue weighted by atomic mass is 9.88. The van der Waals surface area contributed by atoms with Gasteiger partial charge in [-0.25, -0.2) is 14.3 Å². The molecule has 0 spiro atoms. The van der Waals surface area contributed by atoms with E-state index in [0.717, 1.165) is 29.9 Å². The minimum absolute atomic E-state index is 0.133. The smallest absolute Gasteiger partial charge is 0.278 e. The van der Waals surface area contributed by atoms with Gasteiger partial charge in [0.2, 0.25) is 5.95 Å². The van der Waals surface area contributed by atoms with Crippen LogP contribution in [-0.4, -0.2) is 48.3 Å². The quantitative estimate of drug-likeness (QED) is 0.316. The lowest BCUT2D eigenvalue weighted by Gasteiger charge is -2.26. The van der Waals surface area contributed by atoms with Crippen molar-refractivity contribution in [1.82, 2.24) is 29.2 Å². The Balaban J connectivity index is 1.40. The topological polar surface area (TPSA) is 80.6 Å². The zero-order valence-electron chi connectivity index (χ0n) is 21.7. The lowest BCUT2D eigenvalue weighted by Crippen LogP contribution is -2.26. The molecule has 1 aromatic carbocycles. The molecule has 8 heteroatoms. The van der Waals surface area contributed by atoms with Crippen LogP contribution in [0.25, 0.3) is 16.7 Å². The predicted molar refractivity (Wildman–Crippen MR) is 147 cm³/mol. The third kappa shape index (κ3) is 4.46. The van der Waals surface area contributed by atoms with E-state index in [9.17, 15) is 4.79 Å². The molecule has 6 rings (SSSR count). The van der Waals surface area contributed by atoms with Gasteiger partial charge in [-0.1, -0.05) is 32.9 Å². The zero-order chi connectivity index (χ0) is 25.7. The summed E-state index contributed by atoms with van der Waals surface area (Å²) < 4.78 is 3.49. The minimum atomic E-state index is -0.148. The number of fused-ring (bicyclic) bond motifs is 2. The lowest BCUT2D eigenvalue weighted by molar-refractivity contribution is 0.359. The number of rotatable bonds is 6. The summed E-state index contributed by atoms with van der Waals surface area (Å²) in [6.45, 7) is 13.0. The van der Waals surface area contributed by atoms with Gasteiger partial charge >= 0.3 is 0 Å². The standard InChI is InChI=1S/C29H33N7O/c1-5-12-35-27(37)24-18-31-28(33-26(24)36(35)23-10-11-30-25(17-23)29(2,3)4)32-21-8-6-19-7-9-22(34-13-14-34)16-20(19)15-21/h5-6,8,10-11,15,17-18,22H,1,7,9,12-14,16H2,2-4H3,(H,31,32,33). The first-order valence-corrected chi connectivity index (χ1v) is 13.0. The van der Waals surface area contributed by atoms with E-state index in [0.29, 0.717) is 29.6 Å². The highest BCUT2D eigenvalue weighted by Gasteiger charge is 2.30. The van der Waals surface area contributed by atoms with Gasteiger partial charge in [0.1, 0.15) is 5.39 Å². The Morgan fingerprint density at radius 2 is 1.97 bits per heavy atom. The van der Waals surface area contributed by atoms with Gasteiger partial charge in [-0.05, 0) is 54.7 Å². The Kier molecular flexibility index (Phi) is 5.71. The first kappa shape index (κ1) is 23.6. The molecular weight excluding hydrogens is 462 g/mol. The van der Waals surface area contributed by atoms with E-state index in [4.69, 9.17) is 4.98 Å². The van der Waals surface area contributed by atoms with Crippen molar-refractivity contribution in [1.29, 1.82) is 0 Å². The molecule has 1 aliphatic heterocycles. The SMILES string of the molecule is C=CCn1c(=O)c2cnc(Nc3ccc4c(c3)CC(N3CC3)CC4)nc2n1-c1ccnc(C(C)(C)C)c1. The van der Waals surface area contributed by atoms with E-state index in [1.807, 2.05) is 16.8 Å². The zero-order valence-corrected chi connectivity index (χ0v) is 21.7. The maximum absolute atomic E-state index is 13.3. The van der Waals surface area contributed by atoms with Crippen LogP contribution in [-0.2, 0) is 24.8 Å². The Morgan fingerprint density at radius 3 is 2.73 bits per heavy atom. The fourth-order valence-corrected chi connectivity index (χ4v) is 5.28. The molecule has 4 heterocycles. The Labute approximate surface area is 216 Å². The van der Waals surface area contributed by atoms with E-state index >= 15 is 0 Å². The molecule has 1 N–H and O–H groups in total. The van der Waals surface area contributed by atoms with Crippen LogP contribution < -0.4 is 10.9 Å². The highest BCUT2D eigenvalue weighted by Crippen LogP contribution is 2.30. The van der Waals surface area contributed by atoms with Gasteiger partial charge in [-0.2, -0.15) is 4.98 Å². The fourth-order valence-electron chi connectivity index (χ4n) is 5.28. The number of aryl methyl sites for hydroxylation is 1. The van der Waals surface area contributed by atoms with Crippen molar-refractivity contribution in [3.8, 4) is 5.69 Å². The fraction of sp³-hybridized carbons (Fsp3) is 0.379. The molecule has 4 aromatic rings. The van der Waals surface area contributed by atoms with Crippen LogP contribution in [0.2, 0.25) is 0 Å². The van der Waals surface area contributed by atoms with E-state index in [1.165, 1.54) is 30.6 Å². The van der Waals surface area contributed by atoms with Crippen LogP contribution >= 0.6 is 0 Å². The van der Waals surface area contributed by atoms with Crippen molar-refractivity contribution in [3.05, 3.63) is 82.6 Å². The average molecular weight is 496 g/mol. The van der Waals surface area contributed by atoms with Gasteiger partial charge in [0.05, 0.1) is 12.2 Å². The van der Waals surface area contributed by atoms with Crippen LogP contribution in [0, 0.1) is 0 Å². The number of anilines is 2. The summed E-state index contributed by atoms with van der Waals surface area (Å²) in [4.78, 5) is 29.7. The number of hydrogen-bond acceptors (Lipinski definition) is 6. The summed E-state index contributed by atoms with van der Waals surface area (Å²) in [6, 6.07) is 11.1. The first-order valence-electron chi connectivity index (χ1n) is 13.0. The van der Waals surface area contributed by atoms with Crippen LogP contribution in [0.3, 0.4) is 0 Å². The number of allylic oxidation sites excluding steroid dienone is 1. The highest BCUT2D eigenvalue weighted by molar-refractivity contribution is 5.77. The van der Waals surface area contributed by atoms with E-state index in [-0.39, 0.29) is 11.0 Å². The third-order valence-electron chi connectivity index (χ3n) is 7.40. The summed E-state index contributed by atoms with van der Waals surface area (Å²) in [5.41, 5.74) is 5.83. The highest BCUT2D eigenvalue weighted by atomic mass is 16.1. The molecule has 37 heavy (non-hydrogen) atoms. The molecule has 1 saturated heterocycles. The molecule has 1 aliphatic carbocycles. The van der Waals surface area contributed by atoms with Crippen molar-refractivity contribution in [2.75, 3.05) is 18.4 Å². The van der Waals surface area contributed by atoms with Crippen molar-refractivity contribution in [3.63, 3.8) is 0 Å². The van der Waals surface area contributed by atoms with Crippen LogP contribution in [0.5, 0.6) is 0 Å². The second-order valence-corrected chi connectivity index (χ2v) is 11.1. The third-order valence-corrected chi connectivity index (χ3v) is 7.40. The summed E-state index contributed by atoms with van der Waals surface area (Å²) in [6.07, 6.45) is 8.57. The molecule has 190 valence electrons. The largest absolute Gasteiger partial charge is 0.324 e. The monoisotopic (exact) mass is 495 g/mol. The summed E-state index contributed by atoms with van der Waals surface area (Å²) in [5, 5.41) is 3.85. The molecule has 1 unspecified atom stereocenters. The van der Waals surface area contributed by atoms with Gasteiger partial charge in [0, 0.05) is 48.3 Å². The number of pyridine rings is 1. The van der Waals surface area contributed by atoms with Gasteiger partial charge in [-0.3, -0.25) is 14.7 Å². The number of aromatic nitrogens is 5.